The molecule has 0 atom stereocenters. The van der Waals surface area contributed by atoms with Gasteiger partial charge in [0.05, 0.1) is 0 Å². The van der Waals surface area contributed by atoms with Gasteiger partial charge in [0, 0.05) is 25.5 Å². The van der Waals surface area contributed by atoms with Crippen LogP contribution in [-0.4, -0.2) is 36.1 Å². The Balaban J connectivity index is 1.62. The summed E-state index contributed by atoms with van der Waals surface area (Å²) < 4.78 is 0. The van der Waals surface area contributed by atoms with Crippen LogP contribution in [0.4, 0.5) is 5.95 Å². The number of hydrogen-bond donors (Lipinski definition) is 1. The van der Waals surface area contributed by atoms with Gasteiger partial charge in [-0.1, -0.05) is 6.92 Å². The molecule has 1 N–H and O–H groups in total. The van der Waals surface area contributed by atoms with Crippen LogP contribution >= 0.6 is 0 Å². The number of anilines is 1. The van der Waals surface area contributed by atoms with Crippen molar-refractivity contribution in [2.24, 2.45) is 5.41 Å². The van der Waals surface area contributed by atoms with Crippen LogP contribution in [0.2, 0.25) is 0 Å². The summed E-state index contributed by atoms with van der Waals surface area (Å²) in [5.41, 5.74) is 1.82. The van der Waals surface area contributed by atoms with Crippen LogP contribution in [0, 0.1) is 5.41 Å². The van der Waals surface area contributed by atoms with Gasteiger partial charge in [-0.25, -0.2) is 9.97 Å². The molecular formula is C15H24N4. The number of aryl methyl sites for hydroxylation is 1. The van der Waals surface area contributed by atoms with Gasteiger partial charge in [-0.3, -0.25) is 0 Å². The molecule has 2 aliphatic heterocycles. The molecule has 104 valence electrons. The molecule has 3 heterocycles. The maximum atomic E-state index is 4.51. The number of nitrogens with one attached hydrogen (secondary N) is 1. The molecule has 0 aliphatic carbocycles. The van der Waals surface area contributed by atoms with E-state index in [-0.39, 0.29) is 0 Å². The number of piperidine rings is 2. The summed E-state index contributed by atoms with van der Waals surface area (Å²) in [5, 5.41) is 3.47. The fraction of sp³-hybridized carbons (Fsp3) is 0.733. The Morgan fingerprint density at radius 3 is 2.32 bits per heavy atom. The van der Waals surface area contributed by atoms with Crippen molar-refractivity contribution in [1.29, 1.82) is 0 Å². The number of nitrogens with zero attached hydrogens (tertiary/aromatic N) is 3. The summed E-state index contributed by atoms with van der Waals surface area (Å²) in [5.74, 6) is 0.918. The van der Waals surface area contributed by atoms with Crippen molar-refractivity contribution in [2.45, 2.75) is 39.0 Å². The molecule has 19 heavy (non-hydrogen) atoms. The van der Waals surface area contributed by atoms with Crippen molar-refractivity contribution in [3.63, 3.8) is 0 Å². The molecule has 1 spiro atoms. The third-order valence-electron chi connectivity index (χ3n) is 4.87. The highest BCUT2D eigenvalue weighted by Gasteiger charge is 2.35. The molecule has 2 saturated heterocycles. The van der Waals surface area contributed by atoms with E-state index < -0.39 is 0 Å². The average Bonchev–Trinajstić information content (AvgIpc) is 2.49. The maximum Gasteiger partial charge on any atom is 0.225 e. The highest BCUT2D eigenvalue weighted by molar-refractivity contribution is 5.31. The van der Waals surface area contributed by atoms with Gasteiger partial charge in [0.25, 0.3) is 0 Å². The molecule has 0 amide bonds. The van der Waals surface area contributed by atoms with Crippen molar-refractivity contribution in [3.05, 3.63) is 18.0 Å². The van der Waals surface area contributed by atoms with Crippen molar-refractivity contribution in [2.75, 3.05) is 31.1 Å². The SMILES string of the molecule is CCc1cnc(N2CCC3(CCNCC3)CC2)nc1. The zero-order chi connectivity index (χ0) is 13.1. The number of aromatic nitrogens is 2. The Morgan fingerprint density at radius 2 is 1.74 bits per heavy atom. The quantitative estimate of drug-likeness (QED) is 0.883. The van der Waals surface area contributed by atoms with Crippen molar-refractivity contribution in [1.82, 2.24) is 15.3 Å². The minimum Gasteiger partial charge on any atom is -0.341 e. The van der Waals surface area contributed by atoms with Crippen LogP contribution < -0.4 is 10.2 Å². The monoisotopic (exact) mass is 260 g/mol. The summed E-state index contributed by atoms with van der Waals surface area (Å²) in [4.78, 5) is 11.4. The van der Waals surface area contributed by atoms with E-state index >= 15 is 0 Å². The van der Waals surface area contributed by atoms with Gasteiger partial charge in [0.15, 0.2) is 0 Å². The van der Waals surface area contributed by atoms with Crippen LogP contribution in [0.15, 0.2) is 12.4 Å². The largest absolute Gasteiger partial charge is 0.341 e. The Hall–Kier alpha value is -1.16. The molecule has 0 aromatic carbocycles. The van der Waals surface area contributed by atoms with E-state index in [9.17, 15) is 0 Å². The molecule has 1 aromatic heterocycles. The molecule has 4 heteroatoms. The zero-order valence-electron chi connectivity index (χ0n) is 11.9. The summed E-state index contributed by atoms with van der Waals surface area (Å²) in [6.45, 7) is 6.76. The zero-order valence-corrected chi connectivity index (χ0v) is 11.9. The van der Waals surface area contributed by atoms with Gasteiger partial charge in [0.1, 0.15) is 0 Å². The van der Waals surface area contributed by atoms with Crippen molar-refractivity contribution >= 4 is 5.95 Å². The molecule has 0 radical (unpaired) electrons. The molecule has 0 unspecified atom stereocenters. The average molecular weight is 260 g/mol. The lowest BCUT2D eigenvalue weighted by molar-refractivity contribution is 0.154. The fourth-order valence-corrected chi connectivity index (χ4v) is 3.33. The predicted molar refractivity (Wildman–Crippen MR) is 77.4 cm³/mol. The second-order valence-corrected chi connectivity index (χ2v) is 5.98. The second-order valence-electron chi connectivity index (χ2n) is 5.98. The van der Waals surface area contributed by atoms with Crippen LogP contribution in [0.1, 0.15) is 38.2 Å². The molecule has 2 aliphatic rings. The van der Waals surface area contributed by atoms with E-state index in [1.165, 1.54) is 44.3 Å². The van der Waals surface area contributed by atoms with Gasteiger partial charge in [-0.05, 0) is 56.2 Å². The predicted octanol–water partition coefficient (Wildman–Crippen LogP) is 2.01. The van der Waals surface area contributed by atoms with E-state index in [1.54, 1.807) is 0 Å². The molecule has 3 rings (SSSR count). The van der Waals surface area contributed by atoms with Gasteiger partial charge >= 0.3 is 0 Å². The first-order valence-corrected chi connectivity index (χ1v) is 7.58. The van der Waals surface area contributed by atoms with Crippen LogP contribution in [0.5, 0.6) is 0 Å². The summed E-state index contributed by atoms with van der Waals surface area (Å²) in [7, 11) is 0. The van der Waals surface area contributed by atoms with E-state index in [4.69, 9.17) is 0 Å². The van der Waals surface area contributed by atoms with Crippen molar-refractivity contribution < 1.29 is 0 Å². The maximum absolute atomic E-state index is 4.51. The van der Waals surface area contributed by atoms with Crippen LogP contribution in [0.3, 0.4) is 0 Å². The highest BCUT2D eigenvalue weighted by Crippen LogP contribution is 2.39. The van der Waals surface area contributed by atoms with Gasteiger partial charge in [-0.15, -0.1) is 0 Å². The first-order chi connectivity index (χ1) is 9.31. The topological polar surface area (TPSA) is 41.1 Å². The highest BCUT2D eigenvalue weighted by atomic mass is 15.2. The lowest BCUT2D eigenvalue weighted by atomic mass is 9.72. The molecule has 4 nitrogen and oxygen atoms in total. The van der Waals surface area contributed by atoms with E-state index in [0.29, 0.717) is 5.41 Å². The third-order valence-corrected chi connectivity index (χ3v) is 4.87. The first-order valence-electron chi connectivity index (χ1n) is 7.58. The lowest BCUT2D eigenvalue weighted by Gasteiger charge is -2.44. The Morgan fingerprint density at radius 1 is 1.11 bits per heavy atom. The van der Waals surface area contributed by atoms with Crippen LogP contribution in [-0.2, 0) is 6.42 Å². The minimum atomic E-state index is 0.602. The lowest BCUT2D eigenvalue weighted by Crippen LogP contribution is -2.46. The van der Waals surface area contributed by atoms with E-state index in [1.807, 2.05) is 12.4 Å². The molecule has 0 bridgehead atoms. The fourth-order valence-electron chi connectivity index (χ4n) is 3.33. The standard InChI is InChI=1S/C15H24N4/c1-2-13-11-17-14(18-12-13)19-9-5-15(6-10-19)3-7-16-8-4-15/h11-12,16H,2-10H2,1H3. The molecule has 2 fully saturated rings. The van der Waals surface area contributed by atoms with Crippen LogP contribution in [0.25, 0.3) is 0 Å². The molecule has 0 saturated carbocycles. The normalized spacial score (nSPS) is 22.7. The van der Waals surface area contributed by atoms with E-state index in [2.05, 4.69) is 27.1 Å². The Bertz CT molecular complexity index is 399. The summed E-state index contributed by atoms with van der Waals surface area (Å²) >= 11 is 0. The smallest absolute Gasteiger partial charge is 0.225 e. The number of hydrogen-bond acceptors (Lipinski definition) is 4. The second kappa shape index (κ2) is 5.45. The van der Waals surface area contributed by atoms with Crippen molar-refractivity contribution in [3.8, 4) is 0 Å². The first kappa shape index (κ1) is 12.9. The van der Waals surface area contributed by atoms with Gasteiger partial charge in [0.2, 0.25) is 5.95 Å². The summed E-state index contributed by atoms with van der Waals surface area (Å²) in [6, 6.07) is 0. The third kappa shape index (κ3) is 2.73. The number of rotatable bonds is 2. The molecule has 1 aromatic rings. The van der Waals surface area contributed by atoms with Gasteiger partial charge in [-0.2, -0.15) is 0 Å². The van der Waals surface area contributed by atoms with Gasteiger partial charge < -0.3 is 10.2 Å². The Labute approximate surface area is 115 Å². The minimum absolute atomic E-state index is 0.602. The summed E-state index contributed by atoms with van der Waals surface area (Å²) in [6.07, 6.45) is 10.2. The Kier molecular flexibility index (Phi) is 3.69. The van der Waals surface area contributed by atoms with E-state index in [0.717, 1.165) is 25.5 Å². The molecular weight excluding hydrogens is 236 g/mol.